The molecule has 15 heavy (non-hydrogen) atoms. The van der Waals surface area contributed by atoms with Gasteiger partial charge in [0.1, 0.15) is 6.33 Å². The molecule has 3 nitrogen and oxygen atoms in total. The van der Waals surface area contributed by atoms with Gasteiger partial charge in [-0.25, -0.2) is 14.4 Å². The van der Waals surface area contributed by atoms with Gasteiger partial charge in [-0.15, -0.1) is 0 Å². The first-order chi connectivity index (χ1) is 7.00. The highest BCUT2D eigenvalue weighted by Gasteiger charge is 2.11. The molecule has 0 bridgehead atoms. The monoisotopic (exact) mass is 275 g/mol. The van der Waals surface area contributed by atoms with Crippen molar-refractivity contribution in [3.63, 3.8) is 0 Å². The Morgan fingerprint density at radius 2 is 2.13 bits per heavy atom. The number of rotatable bonds is 4. The van der Waals surface area contributed by atoms with Gasteiger partial charge in [-0.05, 0) is 20.3 Å². The standard InChI is InChI=1S/C10H15BrFN3/c1-6(11)4-7(2)15-10-9(12)8(3)13-5-14-10/h5-7H,4H2,1-3H3,(H,13,14,15). The third-order valence-electron chi connectivity index (χ3n) is 2.03. The highest BCUT2D eigenvalue weighted by molar-refractivity contribution is 9.09. The van der Waals surface area contributed by atoms with Crippen LogP contribution < -0.4 is 5.32 Å². The summed E-state index contributed by atoms with van der Waals surface area (Å²) >= 11 is 3.45. The number of hydrogen-bond acceptors (Lipinski definition) is 3. The van der Waals surface area contributed by atoms with Crippen LogP contribution in [0.25, 0.3) is 0 Å². The summed E-state index contributed by atoms with van der Waals surface area (Å²) in [5.41, 5.74) is 0.367. The Balaban J connectivity index is 2.68. The number of aromatic nitrogens is 2. The van der Waals surface area contributed by atoms with E-state index in [1.165, 1.54) is 6.33 Å². The molecule has 0 radical (unpaired) electrons. The van der Waals surface area contributed by atoms with Crippen LogP contribution in [0.3, 0.4) is 0 Å². The number of anilines is 1. The SMILES string of the molecule is Cc1ncnc(NC(C)CC(C)Br)c1F. The predicted molar refractivity (Wildman–Crippen MR) is 62.8 cm³/mol. The van der Waals surface area contributed by atoms with Gasteiger partial charge in [-0.2, -0.15) is 0 Å². The fourth-order valence-electron chi connectivity index (χ4n) is 1.34. The van der Waals surface area contributed by atoms with E-state index in [1.807, 2.05) is 6.92 Å². The van der Waals surface area contributed by atoms with Gasteiger partial charge in [0.15, 0.2) is 11.6 Å². The summed E-state index contributed by atoms with van der Waals surface area (Å²) in [5, 5.41) is 3.03. The minimum absolute atomic E-state index is 0.170. The zero-order chi connectivity index (χ0) is 11.4. The van der Waals surface area contributed by atoms with E-state index >= 15 is 0 Å². The number of halogens is 2. The largest absolute Gasteiger partial charge is 0.365 e. The molecular formula is C10H15BrFN3. The second kappa shape index (κ2) is 5.39. The molecule has 0 aliphatic heterocycles. The molecule has 1 rings (SSSR count). The van der Waals surface area contributed by atoms with Crippen LogP contribution in [0.1, 0.15) is 26.0 Å². The first-order valence-electron chi connectivity index (χ1n) is 4.88. The fourth-order valence-corrected chi connectivity index (χ4v) is 1.90. The summed E-state index contributed by atoms with van der Waals surface area (Å²) < 4.78 is 13.5. The van der Waals surface area contributed by atoms with Crippen LogP contribution in [-0.4, -0.2) is 20.8 Å². The Morgan fingerprint density at radius 3 is 2.73 bits per heavy atom. The maximum atomic E-state index is 13.5. The van der Waals surface area contributed by atoms with E-state index in [0.717, 1.165) is 6.42 Å². The van der Waals surface area contributed by atoms with Crippen LogP contribution in [0.4, 0.5) is 10.2 Å². The van der Waals surface area contributed by atoms with Gasteiger partial charge in [0, 0.05) is 10.9 Å². The minimum atomic E-state index is -0.369. The maximum Gasteiger partial charge on any atom is 0.186 e. The lowest BCUT2D eigenvalue weighted by molar-refractivity contribution is 0.597. The van der Waals surface area contributed by atoms with Gasteiger partial charge in [-0.1, -0.05) is 22.9 Å². The molecule has 0 aliphatic rings. The Bertz CT molecular complexity index is 330. The van der Waals surface area contributed by atoms with Crippen molar-refractivity contribution in [2.24, 2.45) is 0 Å². The number of aryl methyl sites for hydroxylation is 1. The average molecular weight is 276 g/mol. The molecule has 0 saturated heterocycles. The average Bonchev–Trinajstić information content (AvgIpc) is 2.11. The van der Waals surface area contributed by atoms with Crippen molar-refractivity contribution in [2.45, 2.75) is 38.1 Å². The highest BCUT2D eigenvalue weighted by Crippen LogP contribution is 2.15. The molecule has 0 saturated carbocycles. The summed E-state index contributed by atoms with van der Waals surface area (Å²) in [5.74, 6) is -0.0882. The third kappa shape index (κ3) is 3.74. The summed E-state index contributed by atoms with van der Waals surface area (Å²) in [7, 11) is 0. The molecular weight excluding hydrogens is 261 g/mol. The van der Waals surface area contributed by atoms with Gasteiger partial charge in [0.05, 0.1) is 5.69 Å². The molecule has 2 atom stereocenters. The first kappa shape index (κ1) is 12.4. The van der Waals surface area contributed by atoms with E-state index in [1.54, 1.807) is 6.92 Å². The molecule has 1 aromatic heterocycles. The summed E-state index contributed by atoms with van der Waals surface area (Å²) in [6, 6.07) is 0.170. The van der Waals surface area contributed by atoms with E-state index in [2.05, 4.69) is 38.1 Å². The maximum absolute atomic E-state index is 13.5. The van der Waals surface area contributed by atoms with Crippen LogP contribution in [0, 0.1) is 12.7 Å². The van der Waals surface area contributed by atoms with Crippen molar-refractivity contribution in [3.05, 3.63) is 17.8 Å². The van der Waals surface area contributed by atoms with Gasteiger partial charge in [0.2, 0.25) is 0 Å². The van der Waals surface area contributed by atoms with Crippen LogP contribution in [0.15, 0.2) is 6.33 Å². The van der Waals surface area contributed by atoms with Gasteiger partial charge in [-0.3, -0.25) is 0 Å². The van der Waals surface area contributed by atoms with Crippen molar-refractivity contribution in [2.75, 3.05) is 5.32 Å². The molecule has 1 heterocycles. The number of alkyl halides is 1. The third-order valence-corrected chi connectivity index (χ3v) is 2.40. The topological polar surface area (TPSA) is 37.8 Å². The molecule has 0 aliphatic carbocycles. The van der Waals surface area contributed by atoms with Crippen molar-refractivity contribution in [1.82, 2.24) is 9.97 Å². The Kier molecular flexibility index (Phi) is 4.45. The molecule has 0 amide bonds. The lowest BCUT2D eigenvalue weighted by Gasteiger charge is -2.16. The number of hydrogen-bond donors (Lipinski definition) is 1. The predicted octanol–water partition coefficient (Wildman–Crippen LogP) is 2.90. The second-order valence-electron chi connectivity index (χ2n) is 3.68. The molecule has 1 N–H and O–H groups in total. The van der Waals surface area contributed by atoms with Crippen LogP contribution in [0.2, 0.25) is 0 Å². The van der Waals surface area contributed by atoms with Gasteiger partial charge >= 0.3 is 0 Å². The second-order valence-corrected chi connectivity index (χ2v) is 5.25. The Morgan fingerprint density at radius 1 is 1.47 bits per heavy atom. The highest BCUT2D eigenvalue weighted by atomic mass is 79.9. The fraction of sp³-hybridized carbons (Fsp3) is 0.600. The van der Waals surface area contributed by atoms with E-state index in [4.69, 9.17) is 0 Å². The number of nitrogens with zero attached hydrogens (tertiary/aromatic N) is 2. The van der Waals surface area contributed by atoms with E-state index in [0.29, 0.717) is 10.5 Å². The van der Waals surface area contributed by atoms with Crippen molar-refractivity contribution < 1.29 is 4.39 Å². The Hall–Kier alpha value is -0.710. The normalized spacial score (nSPS) is 14.7. The van der Waals surface area contributed by atoms with E-state index < -0.39 is 0 Å². The first-order valence-corrected chi connectivity index (χ1v) is 5.80. The number of nitrogens with one attached hydrogen (secondary N) is 1. The zero-order valence-electron chi connectivity index (χ0n) is 9.09. The summed E-state index contributed by atoms with van der Waals surface area (Å²) in [6.07, 6.45) is 2.27. The van der Waals surface area contributed by atoms with Gasteiger partial charge in [0.25, 0.3) is 0 Å². The molecule has 0 fully saturated rings. The summed E-state index contributed by atoms with van der Waals surface area (Å²) in [4.78, 5) is 8.04. The lowest BCUT2D eigenvalue weighted by Crippen LogP contribution is -2.20. The van der Waals surface area contributed by atoms with Crippen molar-refractivity contribution in [3.8, 4) is 0 Å². The Labute approximate surface area is 97.6 Å². The quantitative estimate of drug-likeness (QED) is 0.859. The molecule has 84 valence electrons. The molecule has 5 heteroatoms. The van der Waals surface area contributed by atoms with Crippen molar-refractivity contribution in [1.29, 1.82) is 0 Å². The smallest absolute Gasteiger partial charge is 0.186 e. The molecule has 2 unspecified atom stereocenters. The van der Waals surface area contributed by atoms with Crippen LogP contribution >= 0.6 is 15.9 Å². The van der Waals surface area contributed by atoms with E-state index in [-0.39, 0.29) is 17.7 Å². The van der Waals surface area contributed by atoms with Crippen LogP contribution in [0.5, 0.6) is 0 Å². The molecule has 0 spiro atoms. The molecule has 1 aromatic rings. The molecule has 0 aromatic carbocycles. The lowest BCUT2D eigenvalue weighted by atomic mass is 10.2. The minimum Gasteiger partial charge on any atom is -0.365 e. The van der Waals surface area contributed by atoms with Crippen LogP contribution in [-0.2, 0) is 0 Å². The summed E-state index contributed by atoms with van der Waals surface area (Å²) in [6.45, 7) is 5.67. The zero-order valence-corrected chi connectivity index (χ0v) is 10.7. The van der Waals surface area contributed by atoms with Crippen molar-refractivity contribution >= 4 is 21.7 Å². The van der Waals surface area contributed by atoms with Gasteiger partial charge < -0.3 is 5.32 Å². The van der Waals surface area contributed by atoms with E-state index in [9.17, 15) is 4.39 Å².